The average Bonchev–Trinajstić information content (AvgIpc) is 2.52. The predicted molar refractivity (Wildman–Crippen MR) is 80.0 cm³/mol. The van der Waals surface area contributed by atoms with Gasteiger partial charge in [-0.2, -0.15) is 0 Å². The van der Waals surface area contributed by atoms with Gasteiger partial charge in [-0.15, -0.1) is 0 Å². The van der Waals surface area contributed by atoms with Crippen LogP contribution in [0.1, 0.15) is 29.6 Å². The molecule has 0 saturated carbocycles. The number of ketones is 1. The van der Waals surface area contributed by atoms with Gasteiger partial charge in [-0.1, -0.05) is 0 Å². The molecule has 1 saturated heterocycles. The van der Waals surface area contributed by atoms with Crippen LogP contribution in [-0.4, -0.2) is 43.0 Å². The van der Waals surface area contributed by atoms with Crippen LogP contribution in [0.2, 0.25) is 0 Å². The Balaban J connectivity index is 1.69. The summed E-state index contributed by atoms with van der Waals surface area (Å²) in [5.41, 5.74) is 5.50. The Morgan fingerprint density at radius 1 is 1.23 bits per heavy atom. The van der Waals surface area contributed by atoms with Gasteiger partial charge in [0, 0.05) is 18.5 Å². The number of hydrogen-bond acceptors (Lipinski definition) is 4. The number of likely N-dealkylation sites (tertiary alicyclic amines) is 1. The number of amides is 1. The Morgan fingerprint density at radius 3 is 2.45 bits per heavy atom. The van der Waals surface area contributed by atoms with Gasteiger partial charge in [-0.25, -0.2) is 9.18 Å². The molecule has 22 heavy (non-hydrogen) atoms. The summed E-state index contributed by atoms with van der Waals surface area (Å²) in [4.78, 5) is 24.8. The fourth-order valence-corrected chi connectivity index (χ4v) is 2.62. The molecule has 1 amide bonds. The lowest BCUT2D eigenvalue weighted by Crippen LogP contribution is -2.36. The number of primary amides is 1. The van der Waals surface area contributed by atoms with Crippen LogP contribution in [0.5, 0.6) is 0 Å². The van der Waals surface area contributed by atoms with E-state index in [0.717, 1.165) is 25.9 Å². The molecule has 2 N–H and O–H groups in total. The van der Waals surface area contributed by atoms with Crippen molar-refractivity contribution in [1.82, 2.24) is 4.90 Å². The van der Waals surface area contributed by atoms with Crippen molar-refractivity contribution in [2.24, 2.45) is 11.7 Å². The zero-order valence-electron chi connectivity index (χ0n) is 12.5. The standard InChI is InChI=1S/C16H21FN2O3/c17-14-3-1-13(2-4-14)15(20)7-10-19-8-5-12(6-9-19)11-22-16(18)21/h1-4,12H,5-11H2,(H2,18,21). The quantitative estimate of drug-likeness (QED) is 0.818. The van der Waals surface area contributed by atoms with E-state index in [2.05, 4.69) is 4.90 Å². The molecular formula is C16H21FN2O3. The summed E-state index contributed by atoms with van der Waals surface area (Å²) in [5, 5.41) is 0. The predicted octanol–water partition coefficient (Wildman–Crippen LogP) is 2.21. The van der Waals surface area contributed by atoms with Gasteiger partial charge in [0.25, 0.3) is 0 Å². The second-order valence-corrected chi connectivity index (χ2v) is 5.60. The van der Waals surface area contributed by atoms with E-state index in [-0.39, 0.29) is 11.6 Å². The van der Waals surface area contributed by atoms with Crippen LogP contribution < -0.4 is 5.73 Å². The molecule has 1 aromatic carbocycles. The van der Waals surface area contributed by atoms with Crippen LogP contribution >= 0.6 is 0 Å². The summed E-state index contributed by atoms with van der Waals surface area (Å²) in [6, 6.07) is 5.64. The van der Waals surface area contributed by atoms with E-state index in [1.165, 1.54) is 24.3 Å². The highest BCUT2D eigenvalue weighted by Gasteiger charge is 2.20. The molecule has 0 aromatic heterocycles. The van der Waals surface area contributed by atoms with Gasteiger partial charge in [0.1, 0.15) is 5.82 Å². The van der Waals surface area contributed by atoms with Crippen molar-refractivity contribution < 1.29 is 18.7 Å². The molecule has 1 aliphatic rings. The van der Waals surface area contributed by atoms with E-state index in [1.54, 1.807) is 0 Å². The Morgan fingerprint density at radius 2 is 1.86 bits per heavy atom. The average molecular weight is 308 g/mol. The van der Waals surface area contributed by atoms with Crippen LogP contribution in [0.4, 0.5) is 9.18 Å². The maximum atomic E-state index is 12.8. The van der Waals surface area contributed by atoms with Crippen LogP contribution in [0.15, 0.2) is 24.3 Å². The fourth-order valence-electron chi connectivity index (χ4n) is 2.62. The number of halogens is 1. The summed E-state index contributed by atoms with van der Waals surface area (Å²) >= 11 is 0. The number of nitrogens with zero attached hydrogens (tertiary/aromatic N) is 1. The van der Waals surface area contributed by atoms with Crippen molar-refractivity contribution in [3.8, 4) is 0 Å². The lowest BCUT2D eigenvalue weighted by atomic mass is 9.97. The molecule has 0 aliphatic carbocycles. The van der Waals surface area contributed by atoms with Crippen molar-refractivity contribution in [2.75, 3.05) is 26.2 Å². The van der Waals surface area contributed by atoms with E-state index in [0.29, 0.717) is 31.1 Å². The molecule has 0 radical (unpaired) electrons. The summed E-state index contributed by atoms with van der Waals surface area (Å²) in [6.45, 7) is 2.82. The number of Topliss-reactive ketones (excluding diaryl/α,β-unsaturated/α-hetero) is 1. The van der Waals surface area contributed by atoms with Crippen molar-refractivity contribution >= 4 is 11.9 Å². The Labute approximate surface area is 129 Å². The summed E-state index contributed by atoms with van der Waals surface area (Å²) in [5.74, 6) is 0.0348. The number of carbonyl (C=O) groups excluding carboxylic acids is 2. The van der Waals surface area contributed by atoms with Crippen molar-refractivity contribution in [1.29, 1.82) is 0 Å². The minimum atomic E-state index is -0.729. The molecule has 6 heteroatoms. The maximum Gasteiger partial charge on any atom is 0.404 e. The molecular weight excluding hydrogens is 287 g/mol. The van der Waals surface area contributed by atoms with Gasteiger partial charge in [0.2, 0.25) is 0 Å². The number of hydrogen-bond donors (Lipinski definition) is 1. The highest BCUT2D eigenvalue weighted by Crippen LogP contribution is 2.18. The van der Waals surface area contributed by atoms with E-state index in [4.69, 9.17) is 10.5 Å². The lowest BCUT2D eigenvalue weighted by molar-refractivity contribution is 0.0896. The van der Waals surface area contributed by atoms with E-state index < -0.39 is 6.09 Å². The number of rotatable bonds is 6. The topological polar surface area (TPSA) is 72.6 Å². The molecule has 0 unspecified atom stereocenters. The first kappa shape index (κ1) is 16.4. The zero-order valence-corrected chi connectivity index (χ0v) is 12.5. The normalized spacial score (nSPS) is 16.4. The number of carbonyl (C=O) groups is 2. The summed E-state index contributed by atoms with van der Waals surface area (Å²) in [7, 11) is 0. The number of benzene rings is 1. The van der Waals surface area contributed by atoms with Crippen LogP contribution in [-0.2, 0) is 4.74 Å². The molecule has 1 aliphatic heterocycles. The smallest absolute Gasteiger partial charge is 0.404 e. The highest BCUT2D eigenvalue weighted by atomic mass is 19.1. The second-order valence-electron chi connectivity index (χ2n) is 5.60. The summed E-state index contributed by atoms with van der Waals surface area (Å²) < 4.78 is 17.6. The minimum absolute atomic E-state index is 0.0270. The second kappa shape index (κ2) is 7.89. The minimum Gasteiger partial charge on any atom is -0.449 e. The van der Waals surface area contributed by atoms with Crippen molar-refractivity contribution in [2.45, 2.75) is 19.3 Å². The van der Waals surface area contributed by atoms with Gasteiger partial charge in [0.05, 0.1) is 6.61 Å². The van der Waals surface area contributed by atoms with Crippen LogP contribution in [0, 0.1) is 11.7 Å². The third kappa shape index (κ3) is 5.11. The van der Waals surface area contributed by atoms with Gasteiger partial charge < -0.3 is 15.4 Å². The molecule has 2 rings (SSSR count). The largest absolute Gasteiger partial charge is 0.449 e. The van der Waals surface area contributed by atoms with Crippen LogP contribution in [0.25, 0.3) is 0 Å². The number of piperidine rings is 1. The van der Waals surface area contributed by atoms with E-state index >= 15 is 0 Å². The fraction of sp³-hybridized carbons (Fsp3) is 0.500. The highest BCUT2D eigenvalue weighted by molar-refractivity contribution is 5.96. The zero-order chi connectivity index (χ0) is 15.9. The molecule has 120 valence electrons. The SMILES string of the molecule is NC(=O)OCC1CCN(CCC(=O)c2ccc(F)cc2)CC1. The van der Waals surface area contributed by atoms with Gasteiger partial charge >= 0.3 is 6.09 Å². The molecule has 1 fully saturated rings. The van der Waals surface area contributed by atoms with E-state index in [1.807, 2.05) is 0 Å². The van der Waals surface area contributed by atoms with Crippen LogP contribution in [0.3, 0.4) is 0 Å². The van der Waals surface area contributed by atoms with E-state index in [9.17, 15) is 14.0 Å². The Hall–Kier alpha value is -1.95. The molecule has 1 heterocycles. The van der Waals surface area contributed by atoms with Crippen molar-refractivity contribution in [3.05, 3.63) is 35.6 Å². The first-order valence-electron chi connectivity index (χ1n) is 7.48. The summed E-state index contributed by atoms with van der Waals surface area (Å²) in [6.07, 6.45) is 1.55. The van der Waals surface area contributed by atoms with Gasteiger partial charge in [0.15, 0.2) is 5.78 Å². The molecule has 0 bridgehead atoms. The number of nitrogens with two attached hydrogens (primary N) is 1. The third-order valence-corrected chi connectivity index (χ3v) is 3.99. The first-order chi connectivity index (χ1) is 10.5. The van der Waals surface area contributed by atoms with Gasteiger partial charge in [-0.05, 0) is 56.1 Å². The number of ether oxygens (including phenoxy) is 1. The molecule has 0 atom stereocenters. The van der Waals surface area contributed by atoms with Crippen molar-refractivity contribution in [3.63, 3.8) is 0 Å². The monoisotopic (exact) mass is 308 g/mol. The molecule has 5 nitrogen and oxygen atoms in total. The molecule has 1 aromatic rings. The van der Waals surface area contributed by atoms with Gasteiger partial charge in [-0.3, -0.25) is 4.79 Å². The maximum absolute atomic E-state index is 12.8. The lowest BCUT2D eigenvalue weighted by Gasteiger charge is -2.31. The third-order valence-electron chi connectivity index (χ3n) is 3.99. The first-order valence-corrected chi connectivity index (χ1v) is 7.48. The Bertz CT molecular complexity index is 511. The molecule has 0 spiro atoms. The Kier molecular flexibility index (Phi) is 5.89.